The summed E-state index contributed by atoms with van der Waals surface area (Å²) in [5.41, 5.74) is 1.83. The van der Waals surface area contributed by atoms with Crippen molar-refractivity contribution >= 4 is 22.1 Å². The van der Waals surface area contributed by atoms with Crippen molar-refractivity contribution in [2.24, 2.45) is 5.10 Å². The van der Waals surface area contributed by atoms with Gasteiger partial charge in [-0.3, -0.25) is 9.89 Å². The van der Waals surface area contributed by atoms with E-state index >= 15 is 0 Å². The number of nitrogens with zero attached hydrogens (tertiary/aromatic N) is 5. The van der Waals surface area contributed by atoms with E-state index in [0.717, 1.165) is 15.9 Å². The minimum atomic E-state index is -0.161. The quantitative estimate of drug-likeness (QED) is 0.733. The normalized spacial score (nSPS) is 11.3. The lowest BCUT2D eigenvalue weighted by Crippen LogP contribution is -2.17. The number of benzene rings is 1. The van der Waals surface area contributed by atoms with Gasteiger partial charge in [0.1, 0.15) is 12.7 Å². The molecule has 106 valence electrons. The van der Waals surface area contributed by atoms with Gasteiger partial charge < -0.3 is 0 Å². The Bertz CT molecular complexity index is 829. The standard InChI is InChI=1S/C13H11BrN6O/c1-9-12(6-17-19-7-15-16-8-19)13(21)20(18-9)11-4-2-10(14)3-5-11/h2-8,18H,1H3/b17-6+. The second kappa shape index (κ2) is 5.49. The molecule has 1 aromatic carbocycles. The summed E-state index contributed by atoms with van der Waals surface area (Å²) in [6, 6.07) is 7.45. The minimum Gasteiger partial charge on any atom is -0.295 e. The Morgan fingerprint density at radius 3 is 2.57 bits per heavy atom. The van der Waals surface area contributed by atoms with Gasteiger partial charge in [-0.05, 0) is 31.2 Å². The van der Waals surface area contributed by atoms with E-state index in [1.165, 1.54) is 28.2 Å². The lowest BCUT2D eigenvalue weighted by atomic mass is 10.3. The van der Waals surface area contributed by atoms with Crippen LogP contribution in [0.25, 0.3) is 5.69 Å². The summed E-state index contributed by atoms with van der Waals surface area (Å²) in [6.07, 6.45) is 4.39. The van der Waals surface area contributed by atoms with Crippen LogP contribution in [0.3, 0.4) is 0 Å². The maximum absolute atomic E-state index is 12.4. The molecule has 7 nitrogen and oxygen atoms in total. The molecule has 3 aromatic rings. The molecule has 1 N–H and O–H groups in total. The summed E-state index contributed by atoms with van der Waals surface area (Å²) in [5.74, 6) is 0. The molecule has 0 amide bonds. The van der Waals surface area contributed by atoms with Crippen molar-refractivity contribution in [1.82, 2.24) is 24.7 Å². The highest BCUT2D eigenvalue weighted by atomic mass is 79.9. The van der Waals surface area contributed by atoms with Crippen LogP contribution in [-0.4, -0.2) is 30.9 Å². The lowest BCUT2D eigenvalue weighted by Gasteiger charge is -2.00. The third-order valence-electron chi connectivity index (χ3n) is 2.93. The van der Waals surface area contributed by atoms with E-state index in [9.17, 15) is 4.79 Å². The van der Waals surface area contributed by atoms with E-state index in [1.807, 2.05) is 31.2 Å². The number of hydrogen-bond acceptors (Lipinski definition) is 4. The van der Waals surface area contributed by atoms with Gasteiger partial charge in [-0.15, -0.1) is 10.2 Å². The molecule has 0 radical (unpaired) electrons. The van der Waals surface area contributed by atoms with E-state index in [0.29, 0.717) is 5.56 Å². The van der Waals surface area contributed by atoms with E-state index in [2.05, 4.69) is 36.3 Å². The number of nitrogens with one attached hydrogen (secondary N) is 1. The third-order valence-corrected chi connectivity index (χ3v) is 3.46. The fourth-order valence-electron chi connectivity index (χ4n) is 1.86. The SMILES string of the molecule is Cc1[nH]n(-c2ccc(Br)cc2)c(=O)c1/C=N/n1cnnc1. The monoisotopic (exact) mass is 346 g/mol. The van der Waals surface area contributed by atoms with Crippen LogP contribution in [0.15, 0.2) is 51.3 Å². The molecule has 0 unspecified atom stereocenters. The van der Waals surface area contributed by atoms with Crippen LogP contribution in [0.1, 0.15) is 11.3 Å². The van der Waals surface area contributed by atoms with Gasteiger partial charge in [0, 0.05) is 10.2 Å². The van der Waals surface area contributed by atoms with Crippen molar-refractivity contribution in [3.05, 3.63) is 63.0 Å². The Morgan fingerprint density at radius 2 is 1.90 bits per heavy atom. The Morgan fingerprint density at radius 1 is 1.24 bits per heavy atom. The number of H-pyrrole nitrogens is 1. The zero-order chi connectivity index (χ0) is 14.8. The smallest absolute Gasteiger partial charge is 0.280 e. The van der Waals surface area contributed by atoms with E-state index in [-0.39, 0.29) is 5.56 Å². The largest absolute Gasteiger partial charge is 0.295 e. The maximum Gasteiger partial charge on any atom is 0.280 e. The Labute approximate surface area is 128 Å². The predicted octanol–water partition coefficient (Wildman–Crippen LogP) is 1.71. The highest BCUT2D eigenvalue weighted by Crippen LogP contribution is 2.13. The molecule has 8 heteroatoms. The lowest BCUT2D eigenvalue weighted by molar-refractivity contribution is 0.835. The van der Waals surface area contributed by atoms with Crippen molar-refractivity contribution < 1.29 is 0 Å². The Balaban J connectivity index is 2.00. The predicted molar refractivity (Wildman–Crippen MR) is 81.8 cm³/mol. The summed E-state index contributed by atoms with van der Waals surface area (Å²) >= 11 is 3.37. The number of rotatable bonds is 3. The molecule has 2 heterocycles. The number of aromatic amines is 1. The zero-order valence-electron chi connectivity index (χ0n) is 11.1. The molecule has 0 aliphatic heterocycles. The van der Waals surface area contributed by atoms with E-state index in [1.54, 1.807) is 0 Å². The van der Waals surface area contributed by atoms with Crippen molar-refractivity contribution in [3.63, 3.8) is 0 Å². The number of aromatic nitrogens is 5. The van der Waals surface area contributed by atoms with Crippen molar-refractivity contribution in [2.45, 2.75) is 6.92 Å². The fraction of sp³-hybridized carbons (Fsp3) is 0.0769. The molecule has 0 spiro atoms. The van der Waals surface area contributed by atoms with Crippen LogP contribution in [0, 0.1) is 6.92 Å². The number of aryl methyl sites for hydroxylation is 1. The average Bonchev–Trinajstić information content (AvgIpc) is 3.07. The second-order valence-corrected chi connectivity index (χ2v) is 5.27. The molecule has 0 atom stereocenters. The zero-order valence-corrected chi connectivity index (χ0v) is 12.6. The molecule has 0 aliphatic carbocycles. The molecule has 0 fully saturated rings. The van der Waals surface area contributed by atoms with Crippen LogP contribution in [-0.2, 0) is 0 Å². The molecule has 21 heavy (non-hydrogen) atoms. The van der Waals surface area contributed by atoms with Gasteiger partial charge in [0.25, 0.3) is 5.56 Å². The Kier molecular flexibility index (Phi) is 3.53. The highest BCUT2D eigenvalue weighted by molar-refractivity contribution is 9.10. The first-order valence-corrected chi connectivity index (χ1v) is 6.91. The summed E-state index contributed by atoms with van der Waals surface area (Å²) in [5, 5.41) is 14.4. The molecular formula is C13H11BrN6O. The van der Waals surface area contributed by atoms with Crippen LogP contribution in [0.5, 0.6) is 0 Å². The Hall–Kier alpha value is -2.48. The van der Waals surface area contributed by atoms with Crippen LogP contribution in [0.4, 0.5) is 0 Å². The van der Waals surface area contributed by atoms with E-state index < -0.39 is 0 Å². The van der Waals surface area contributed by atoms with Gasteiger partial charge in [-0.25, -0.2) is 9.36 Å². The average molecular weight is 347 g/mol. The first-order valence-electron chi connectivity index (χ1n) is 6.11. The number of hydrogen-bond donors (Lipinski definition) is 1. The third kappa shape index (κ3) is 2.70. The van der Waals surface area contributed by atoms with Crippen molar-refractivity contribution in [2.75, 3.05) is 0 Å². The first-order chi connectivity index (χ1) is 10.1. The second-order valence-electron chi connectivity index (χ2n) is 4.35. The summed E-state index contributed by atoms with van der Waals surface area (Å²) in [7, 11) is 0. The molecule has 0 aliphatic rings. The van der Waals surface area contributed by atoms with Crippen LogP contribution < -0.4 is 5.56 Å². The number of halogens is 1. The molecule has 3 rings (SSSR count). The van der Waals surface area contributed by atoms with Crippen LogP contribution >= 0.6 is 15.9 Å². The summed E-state index contributed by atoms with van der Waals surface area (Å²) in [6.45, 7) is 1.82. The van der Waals surface area contributed by atoms with Crippen LogP contribution in [0.2, 0.25) is 0 Å². The van der Waals surface area contributed by atoms with Gasteiger partial charge in [0.05, 0.1) is 17.5 Å². The van der Waals surface area contributed by atoms with Gasteiger partial charge in [-0.1, -0.05) is 15.9 Å². The summed E-state index contributed by atoms with van der Waals surface area (Å²) < 4.78 is 3.86. The molecule has 0 saturated carbocycles. The minimum absolute atomic E-state index is 0.161. The summed E-state index contributed by atoms with van der Waals surface area (Å²) in [4.78, 5) is 12.4. The van der Waals surface area contributed by atoms with Gasteiger partial charge in [-0.2, -0.15) is 5.10 Å². The van der Waals surface area contributed by atoms with Crippen molar-refractivity contribution in [1.29, 1.82) is 0 Å². The van der Waals surface area contributed by atoms with E-state index in [4.69, 9.17) is 0 Å². The van der Waals surface area contributed by atoms with Gasteiger partial charge >= 0.3 is 0 Å². The maximum atomic E-state index is 12.4. The molecule has 2 aromatic heterocycles. The molecular weight excluding hydrogens is 336 g/mol. The molecule has 0 saturated heterocycles. The van der Waals surface area contributed by atoms with Gasteiger partial charge in [0.15, 0.2) is 0 Å². The van der Waals surface area contributed by atoms with Gasteiger partial charge in [0.2, 0.25) is 0 Å². The molecule has 0 bridgehead atoms. The first kappa shape index (κ1) is 13.5. The van der Waals surface area contributed by atoms with Crippen molar-refractivity contribution in [3.8, 4) is 5.69 Å². The fourth-order valence-corrected chi connectivity index (χ4v) is 2.13. The topological polar surface area (TPSA) is 80.9 Å². The highest BCUT2D eigenvalue weighted by Gasteiger charge is 2.10.